The van der Waals surface area contributed by atoms with E-state index in [1.165, 1.54) is 0 Å². The molecule has 8 heteroatoms. The number of benzene rings is 1. The smallest absolute Gasteiger partial charge is 0.228 e. The van der Waals surface area contributed by atoms with Crippen LogP contribution in [0.5, 0.6) is 5.75 Å². The number of aromatic nitrogens is 4. The Kier molecular flexibility index (Phi) is 5.74. The van der Waals surface area contributed by atoms with Gasteiger partial charge >= 0.3 is 0 Å². The topological polar surface area (TPSA) is 91.3 Å². The SMILES string of the molecule is COc1ccc(-c2nc(N3CCCC(CN)C3)nc3c2ncn3C2CCCCO2)cc1. The molecular formula is C23H30N6O2. The van der Waals surface area contributed by atoms with E-state index in [2.05, 4.69) is 9.47 Å². The molecular weight excluding hydrogens is 392 g/mol. The standard InChI is InChI=1S/C23H30N6O2/c1-30-18-9-7-17(8-10-18)20-21-22(29(15-25-21)19-6-2-3-12-31-19)27-23(26-20)28-11-4-5-16(13-24)14-28/h7-10,15-16,19H,2-6,11-14,24H2,1H3. The average Bonchev–Trinajstić information content (AvgIpc) is 3.28. The largest absolute Gasteiger partial charge is 0.497 e. The highest BCUT2D eigenvalue weighted by Gasteiger charge is 2.25. The minimum Gasteiger partial charge on any atom is -0.497 e. The van der Waals surface area contributed by atoms with Gasteiger partial charge in [-0.1, -0.05) is 0 Å². The number of imidazole rings is 1. The second kappa shape index (κ2) is 8.80. The molecule has 0 amide bonds. The van der Waals surface area contributed by atoms with Crippen molar-refractivity contribution in [3.63, 3.8) is 0 Å². The Balaban J connectivity index is 1.62. The van der Waals surface area contributed by atoms with Crippen LogP contribution < -0.4 is 15.4 Å². The Morgan fingerprint density at radius 3 is 2.74 bits per heavy atom. The Labute approximate surface area is 182 Å². The fraction of sp³-hybridized carbons (Fsp3) is 0.522. The fourth-order valence-electron chi connectivity index (χ4n) is 4.59. The molecule has 0 radical (unpaired) electrons. The summed E-state index contributed by atoms with van der Waals surface area (Å²) in [5.74, 6) is 2.04. The summed E-state index contributed by atoms with van der Waals surface area (Å²) < 4.78 is 13.5. The molecule has 2 aliphatic rings. The van der Waals surface area contributed by atoms with Crippen LogP contribution in [0.3, 0.4) is 0 Å². The summed E-state index contributed by atoms with van der Waals surface area (Å²) in [4.78, 5) is 17.0. The quantitative estimate of drug-likeness (QED) is 0.674. The van der Waals surface area contributed by atoms with Gasteiger partial charge < -0.3 is 20.1 Å². The predicted molar refractivity (Wildman–Crippen MR) is 120 cm³/mol. The van der Waals surface area contributed by atoms with Crippen LogP contribution in [0.15, 0.2) is 30.6 Å². The number of nitrogens with zero attached hydrogens (tertiary/aromatic N) is 5. The van der Waals surface area contributed by atoms with Gasteiger partial charge in [0.1, 0.15) is 23.2 Å². The number of hydrogen-bond donors (Lipinski definition) is 1. The number of methoxy groups -OCH3 is 1. The van der Waals surface area contributed by atoms with Crippen LogP contribution >= 0.6 is 0 Å². The Morgan fingerprint density at radius 2 is 2.00 bits per heavy atom. The van der Waals surface area contributed by atoms with E-state index in [-0.39, 0.29) is 6.23 Å². The highest BCUT2D eigenvalue weighted by molar-refractivity contribution is 5.88. The first-order valence-electron chi connectivity index (χ1n) is 11.2. The predicted octanol–water partition coefficient (Wildman–Crippen LogP) is 3.38. The van der Waals surface area contributed by atoms with Crippen LogP contribution in [0.1, 0.15) is 38.3 Å². The number of ether oxygens (including phenoxy) is 2. The van der Waals surface area contributed by atoms with E-state index in [4.69, 9.17) is 30.2 Å². The summed E-state index contributed by atoms with van der Waals surface area (Å²) in [5, 5.41) is 0. The zero-order chi connectivity index (χ0) is 21.2. The fourth-order valence-corrected chi connectivity index (χ4v) is 4.59. The lowest BCUT2D eigenvalue weighted by Crippen LogP contribution is -2.39. The van der Waals surface area contributed by atoms with Gasteiger partial charge in [0.2, 0.25) is 5.95 Å². The van der Waals surface area contributed by atoms with E-state index in [1.54, 1.807) is 7.11 Å². The molecule has 1 aromatic carbocycles. The Morgan fingerprint density at radius 1 is 1.13 bits per heavy atom. The van der Waals surface area contributed by atoms with Crippen molar-refractivity contribution in [2.45, 2.75) is 38.3 Å². The van der Waals surface area contributed by atoms with Crippen molar-refractivity contribution in [2.75, 3.05) is 38.3 Å². The summed E-state index contributed by atoms with van der Waals surface area (Å²) in [5.41, 5.74) is 9.45. The summed E-state index contributed by atoms with van der Waals surface area (Å²) in [6.45, 7) is 3.30. The van der Waals surface area contributed by atoms with Gasteiger partial charge in [-0.2, -0.15) is 4.98 Å². The second-order valence-corrected chi connectivity index (χ2v) is 8.44. The average molecular weight is 423 g/mol. The second-order valence-electron chi connectivity index (χ2n) is 8.44. The van der Waals surface area contributed by atoms with Crippen molar-refractivity contribution in [1.82, 2.24) is 19.5 Å². The lowest BCUT2D eigenvalue weighted by Gasteiger charge is -2.32. The number of rotatable bonds is 5. The molecule has 0 bridgehead atoms. The molecule has 5 rings (SSSR count). The molecule has 8 nitrogen and oxygen atoms in total. The van der Waals surface area contributed by atoms with Gasteiger partial charge in [0, 0.05) is 25.3 Å². The van der Waals surface area contributed by atoms with Gasteiger partial charge in [0.25, 0.3) is 0 Å². The molecule has 2 unspecified atom stereocenters. The van der Waals surface area contributed by atoms with Gasteiger partial charge in [-0.05, 0) is 68.8 Å². The lowest BCUT2D eigenvalue weighted by molar-refractivity contribution is -0.0298. The number of hydrogen-bond acceptors (Lipinski definition) is 7. The van der Waals surface area contributed by atoms with Crippen LogP contribution in [-0.4, -0.2) is 52.9 Å². The summed E-state index contributed by atoms with van der Waals surface area (Å²) in [6, 6.07) is 7.96. The minimum atomic E-state index is -0.0247. The molecule has 0 aliphatic carbocycles. The van der Waals surface area contributed by atoms with Crippen molar-refractivity contribution >= 4 is 17.1 Å². The number of fused-ring (bicyclic) bond motifs is 1. The van der Waals surface area contributed by atoms with Crippen LogP contribution in [0.4, 0.5) is 5.95 Å². The van der Waals surface area contributed by atoms with E-state index in [0.29, 0.717) is 12.5 Å². The van der Waals surface area contributed by atoms with E-state index < -0.39 is 0 Å². The first-order valence-corrected chi connectivity index (χ1v) is 11.2. The molecule has 4 heterocycles. The maximum Gasteiger partial charge on any atom is 0.228 e. The van der Waals surface area contributed by atoms with Crippen LogP contribution in [-0.2, 0) is 4.74 Å². The van der Waals surface area contributed by atoms with E-state index >= 15 is 0 Å². The zero-order valence-corrected chi connectivity index (χ0v) is 18.0. The molecule has 2 atom stereocenters. The van der Waals surface area contributed by atoms with Crippen molar-refractivity contribution in [1.29, 1.82) is 0 Å². The summed E-state index contributed by atoms with van der Waals surface area (Å²) in [7, 11) is 1.67. The molecule has 2 fully saturated rings. The summed E-state index contributed by atoms with van der Waals surface area (Å²) in [6.07, 6.45) is 7.32. The molecule has 31 heavy (non-hydrogen) atoms. The van der Waals surface area contributed by atoms with Crippen molar-refractivity contribution < 1.29 is 9.47 Å². The van der Waals surface area contributed by atoms with Crippen molar-refractivity contribution in [3.05, 3.63) is 30.6 Å². The normalized spacial score (nSPS) is 22.1. The Hall–Kier alpha value is -2.71. The molecule has 2 saturated heterocycles. The van der Waals surface area contributed by atoms with E-state index in [9.17, 15) is 0 Å². The summed E-state index contributed by atoms with van der Waals surface area (Å²) >= 11 is 0. The van der Waals surface area contributed by atoms with E-state index in [0.717, 1.165) is 85.9 Å². The molecule has 2 aliphatic heterocycles. The van der Waals surface area contributed by atoms with Gasteiger partial charge in [-0.3, -0.25) is 4.57 Å². The third-order valence-electron chi connectivity index (χ3n) is 6.37. The zero-order valence-electron chi connectivity index (χ0n) is 18.0. The van der Waals surface area contributed by atoms with Gasteiger partial charge in [-0.15, -0.1) is 0 Å². The molecule has 0 saturated carbocycles. The molecule has 2 N–H and O–H groups in total. The van der Waals surface area contributed by atoms with Crippen molar-refractivity contribution in [2.24, 2.45) is 11.7 Å². The molecule has 164 valence electrons. The van der Waals surface area contributed by atoms with Gasteiger partial charge in [-0.25, -0.2) is 9.97 Å². The first-order chi connectivity index (χ1) is 15.3. The Bertz CT molecular complexity index is 1030. The molecule has 2 aromatic heterocycles. The van der Waals surface area contributed by atoms with E-state index in [1.807, 2.05) is 30.6 Å². The highest BCUT2D eigenvalue weighted by atomic mass is 16.5. The van der Waals surface area contributed by atoms with Gasteiger partial charge in [0.05, 0.1) is 13.4 Å². The monoisotopic (exact) mass is 422 g/mol. The number of piperidine rings is 1. The minimum absolute atomic E-state index is 0.0247. The number of anilines is 1. The third-order valence-corrected chi connectivity index (χ3v) is 6.37. The first kappa shape index (κ1) is 20.2. The maximum atomic E-state index is 6.04. The third kappa shape index (κ3) is 3.97. The van der Waals surface area contributed by atoms with Gasteiger partial charge in [0.15, 0.2) is 5.65 Å². The highest BCUT2D eigenvalue weighted by Crippen LogP contribution is 2.33. The van der Waals surface area contributed by atoms with Crippen LogP contribution in [0.2, 0.25) is 0 Å². The molecule has 3 aromatic rings. The van der Waals surface area contributed by atoms with Crippen LogP contribution in [0.25, 0.3) is 22.4 Å². The van der Waals surface area contributed by atoms with Crippen LogP contribution in [0, 0.1) is 5.92 Å². The number of nitrogens with two attached hydrogens (primary N) is 1. The van der Waals surface area contributed by atoms with Crippen molar-refractivity contribution in [3.8, 4) is 17.0 Å². The maximum absolute atomic E-state index is 6.04. The molecule has 0 spiro atoms. The lowest BCUT2D eigenvalue weighted by atomic mass is 9.99.